The summed E-state index contributed by atoms with van der Waals surface area (Å²) in [5.41, 5.74) is -7.09. The molecule has 0 radical (unpaired) electrons. The Morgan fingerprint density at radius 1 is 0.405 bits per heavy atom. The normalized spacial score (nSPS) is 15.7. The lowest BCUT2D eigenvalue weighted by atomic mass is 9.65. The predicted octanol–water partition coefficient (Wildman–Crippen LogP) is 8.45. The summed E-state index contributed by atoms with van der Waals surface area (Å²) >= 11 is 0. The van der Waals surface area contributed by atoms with Crippen molar-refractivity contribution in [1.82, 2.24) is 0 Å². The van der Waals surface area contributed by atoms with E-state index in [4.69, 9.17) is 52.8 Å². The van der Waals surface area contributed by atoms with E-state index in [2.05, 4.69) is 23.1 Å². The van der Waals surface area contributed by atoms with Gasteiger partial charge in [-0.15, -0.1) is 0 Å². The predicted molar refractivity (Wildman–Crippen MR) is 290 cm³/mol. The lowest BCUT2D eigenvalue weighted by Crippen LogP contribution is -2.45. The number of esters is 6. The van der Waals surface area contributed by atoms with Gasteiger partial charge in [-0.25, -0.2) is 9.36 Å². The van der Waals surface area contributed by atoms with Gasteiger partial charge >= 0.3 is 49.8 Å². The van der Waals surface area contributed by atoms with E-state index in [0.29, 0.717) is 32.5 Å². The number of rotatable bonds is 43. The second-order valence-electron chi connectivity index (χ2n) is 22.4. The van der Waals surface area contributed by atoms with Crippen molar-refractivity contribution in [2.45, 2.75) is 199 Å². The van der Waals surface area contributed by atoms with E-state index in [0.717, 1.165) is 38.5 Å². The highest BCUT2D eigenvalue weighted by molar-refractivity contribution is 7.46. The molecular weight excluding hydrogens is 1060 g/mol. The third-order valence-electron chi connectivity index (χ3n) is 13.3. The van der Waals surface area contributed by atoms with Crippen molar-refractivity contribution in [1.29, 1.82) is 0 Å². The van der Waals surface area contributed by atoms with Gasteiger partial charge in [-0.3, -0.25) is 33.3 Å². The number of aliphatic hydroxyl groups excluding tert-OH is 2. The van der Waals surface area contributed by atoms with Crippen LogP contribution in [0.2, 0.25) is 0 Å². The molecule has 6 unspecified atom stereocenters. The van der Waals surface area contributed by atoms with Gasteiger partial charge < -0.3 is 67.7 Å². The Bertz CT molecular complexity index is 1850. The largest absolute Gasteiger partial charge is 0.505 e. The molecule has 0 bridgehead atoms. The Morgan fingerprint density at radius 2 is 0.734 bits per heavy atom. The molecule has 0 rings (SSSR count). The summed E-state index contributed by atoms with van der Waals surface area (Å²) in [6.45, 7) is 24.4. The van der Waals surface area contributed by atoms with E-state index >= 15 is 0 Å². The van der Waals surface area contributed by atoms with E-state index < -0.39 is 121 Å². The number of phosphoric ester groups is 1. The van der Waals surface area contributed by atoms with Gasteiger partial charge in [0.05, 0.1) is 65.5 Å². The fraction of sp³-hybridized carbons (Fsp3) is 0.873. The van der Waals surface area contributed by atoms with Gasteiger partial charge in [-0.05, 0) is 121 Å². The van der Waals surface area contributed by atoms with Crippen LogP contribution in [-0.2, 0) is 80.5 Å². The lowest BCUT2D eigenvalue weighted by molar-refractivity contribution is -0.172. The van der Waals surface area contributed by atoms with Crippen LogP contribution in [-0.4, -0.2) is 159 Å². The first kappa shape index (κ1) is 77.1. The highest BCUT2D eigenvalue weighted by Gasteiger charge is 2.51. The molecule has 0 aliphatic heterocycles. The third-order valence-corrected chi connectivity index (χ3v) is 13.8. The van der Waals surface area contributed by atoms with Crippen LogP contribution in [0, 0.1) is 32.5 Å². The number of carbonyl (C=O) groups is 7. The zero-order valence-corrected chi connectivity index (χ0v) is 51.0. The zero-order valence-electron chi connectivity index (χ0n) is 50.1. The lowest BCUT2D eigenvalue weighted by Gasteiger charge is -2.39. The van der Waals surface area contributed by atoms with Gasteiger partial charge in [0, 0.05) is 13.2 Å². The minimum atomic E-state index is -4.80. The molecule has 0 aromatic heterocycles. The number of carbonyl (C=O) groups excluding carboxylic acids is 6. The quantitative estimate of drug-likeness (QED) is 0.0165. The molecule has 0 aromatic rings. The number of ether oxygens (including phenoxy) is 9. The molecule has 0 fully saturated rings. The number of aliphatic hydroxyl groups is 2. The van der Waals surface area contributed by atoms with Crippen molar-refractivity contribution >= 4 is 49.8 Å². The summed E-state index contributed by atoms with van der Waals surface area (Å²) in [6.07, 6.45) is 3.63. The van der Waals surface area contributed by atoms with Crippen molar-refractivity contribution in [2.24, 2.45) is 32.5 Å². The first-order valence-electron chi connectivity index (χ1n) is 27.7. The van der Waals surface area contributed by atoms with Crippen molar-refractivity contribution < 1.29 is 110 Å². The van der Waals surface area contributed by atoms with E-state index in [1.807, 2.05) is 13.8 Å². The molecule has 0 saturated carbocycles. The second kappa shape index (κ2) is 38.7. The smallest absolute Gasteiger partial charge is 0.465 e. The maximum Gasteiger partial charge on any atom is 0.505 e. The Morgan fingerprint density at radius 3 is 1.05 bits per heavy atom. The summed E-state index contributed by atoms with van der Waals surface area (Å²) in [5.74, 6) is -3.45. The fourth-order valence-corrected chi connectivity index (χ4v) is 9.22. The number of phosphoric acid groups is 1. The highest BCUT2D eigenvalue weighted by atomic mass is 31.2. The van der Waals surface area contributed by atoms with Gasteiger partial charge in [0.1, 0.15) is 45.2 Å². The topological polar surface area (TPSA) is 330 Å². The van der Waals surface area contributed by atoms with Crippen LogP contribution in [0.5, 0.6) is 0 Å². The molecule has 0 amide bonds. The molecule has 0 spiro atoms. The van der Waals surface area contributed by atoms with Gasteiger partial charge in [0.15, 0.2) is 0 Å². The van der Waals surface area contributed by atoms with Gasteiger partial charge in [0.2, 0.25) is 0 Å². The average molecular weight is 1160 g/mol. The van der Waals surface area contributed by atoms with Crippen LogP contribution in [0.15, 0.2) is 0 Å². The molecular formula is C55H101O23P. The van der Waals surface area contributed by atoms with E-state index in [1.54, 1.807) is 69.2 Å². The molecule has 0 aliphatic carbocycles. The van der Waals surface area contributed by atoms with Crippen LogP contribution in [0.1, 0.15) is 187 Å². The molecule has 464 valence electrons. The molecule has 0 saturated heterocycles. The Hall–Kier alpha value is -3.96. The summed E-state index contributed by atoms with van der Waals surface area (Å²) in [6, 6.07) is 0. The SMILES string of the molecule is CCCCCCOC(=O)C(C)(CC(C)(C)C(=O)OCCOCC)CC(C)(CC)C(=O)OCC(O)COC(=O)O.CCCCCCOC(=O)C(C)(CC(C)(C)C(=O)OCCOCC)CC(C)(CC)C(=O)OCC(O)COP(=O)(O)O. The van der Waals surface area contributed by atoms with Crippen LogP contribution in [0.4, 0.5) is 4.79 Å². The molecule has 5 N–H and O–H groups in total. The minimum Gasteiger partial charge on any atom is -0.465 e. The minimum absolute atomic E-state index is 0.0144. The Kier molecular flexibility index (Phi) is 37.8. The molecule has 24 heteroatoms. The van der Waals surface area contributed by atoms with E-state index in [1.165, 1.54) is 0 Å². The number of hydrogen-bond acceptors (Lipinski definition) is 20. The fourth-order valence-electron chi connectivity index (χ4n) is 8.86. The summed E-state index contributed by atoms with van der Waals surface area (Å²) in [7, 11) is -4.80. The summed E-state index contributed by atoms with van der Waals surface area (Å²) in [5, 5.41) is 28.4. The highest BCUT2D eigenvalue weighted by Crippen LogP contribution is 2.47. The standard InChI is InChI=1S/C28H50O11.C27H51O12P/c1-8-11-12-13-14-36-24(32)28(7,19-26(4,5)22(30)37-16-15-35-10-3)20-27(6,9-2)23(31)38-17-21(29)18-39-25(33)34;1-8-11-12-13-14-36-24(31)27(7,19-25(4,5)22(29)37-16-15-35-10-3)20-26(6,9-2)23(30)38-17-21(28)18-39-40(32,33)34/h21,29H,8-20H2,1-7H3,(H,33,34);21,28H,8-20H2,1-7H3,(H2,32,33,34). The van der Waals surface area contributed by atoms with Crippen LogP contribution >= 0.6 is 7.82 Å². The summed E-state index contributed by atoms with van der Waals surface area (Å²) in [4.78, 5) is 107. The maximum atomic E-state index is 13.5. The number of unbranched alkanes of at least 4 members (excludes halogenated alkanes) is 6. The van der Waals surface area contributed by atoms with Crippen LogP contribution in [0.25, 0.3) is 0 Å². The monoisotopic (exact) mass is 1160 g/mol. The first-order valence-corrected chi connectivity index (χ1v) is 29.3. The molecule has 0 heterocycles. The maximum absolute atomic E-state index is 13.5. The Labute approximate surface area is 469 Å². The van der Waals surface area contributed by atoms with Gasteiger partial charge in [-0.1, -0.05) is 66.2 Å². The summed E-state index contributed by atoms with van der Waals surface area (Å²) < 4.78 is 62.4. The van der Waals surface area contributed by atoms with Gasteiger partial charge in [-0.2, -0.15) is 0 Å². The van der Waals surface area contributed by atoms with Crippen molar-refractivity contribution in [3.63, 3.8) is 0 Å². The average Bonchev–Trinajstić information content (AvgIpc) is 3.37. The zero-order chi connectivity index (χ0) is 61.2. The number of hydrogen-bond donors (Lipinski definition) is 5. The molecule has 6 atom stereocenters. The number of carboxylic acid groups (broad SMARTS) is 1. The van der Waals surface area contributed by atoms with E-state index in [-0.39, 0.29) is 71.7 Å². The molecule has 0 aliphatic rings. The van der Waals surface area contributed by atoms with Crippen molar-refractivity contribution in [3.8, 4) is 0 Å². The van der Waals surface area contributed by atoms with Crippen LogP contribution < -0.4 is 0 Å². The van der Waals surface area contributed by atoms with E-state index in [9.17, 15) is 48.3 Å². The molecule has 23 nitrogen and oxygen atoms in total. The second-order valence-corrected chi connectivity index (χ2v) is 23.6. The van der Waals surface area contributed by atoms with Crippen molar-refractivity contribution in [2.75, 3.05) is 79.3 Å². The molecule has 0 aromatic carbocycles. The first-order chi connectivity index (χ1) is 36.6. The molecule has 79 heavy (non-hydrogen) atoms. The Balaban J connectivity index is 0. The van der Waals surface area contributed by atoms with Gasteiger partial charge in [0.25, 0.3) is 0 Å². The third kappa shape index (κ3) is 32.3. The van der Waals surface area contributed by atoms with Crippen LogP contribution in [0.3, 0.4) is 0 Å². The van der Waals surface area contributed by atoms with Crippen molar-refractivity contribution in [3.05, 3.63) is 0 Å².